The lowest BCUT2D eigenvalue weighted by Crippen LogP contribution is -2.50. The van der Waals surface area contributed by atoms with Gasteiger partial charge in [-0.15, -0.1) is 0 Å². The van der Waals surface area contributed by atoms with Gasteiger partial charge in [0.05, 0.1) is 5.56 Å². The average molecular weight is 448 g/mol. The molecular formula is C22H23F3N4O3. The van der Waals surface area contributed by atoms with Gasteiger partial charge in [0.25, 0.3) is 11.5 Å². The van der Waals surface area contributed by atoms with E-state index in [2.05, 4.69) is 9.97 Å². The Morgan fingerprint density at radius 1 is 1.09 bits per heavy atom. The maximum Gasteiger partial charge on any atom is 0.417 e. The van der Waals surface area contributed by atoms with Gasteiger partial charge in [-0.1, -0.05) is 13.8 Å². The van der Waals surface area contributed by atoms with Crippen LogP contribution >= 0.6 is 0 Å². The fraction of sp³-hybridized carbons (Fsp3) is 0.455. The molecule has 2 aromatic rings. The highest BCUT2D eigenvalue weighted by atomic mass is 19.4. The Balaban J connectivity index is 1.47. The molecule has 1 amide bonds. The van der Waals surface area contributed by atoms with Crippen LogP contribution < -0.4 is 10.5 Å². The van der Waals surface area contributed by atoms with E-state index in [1.54, 1.807) is 4.90 Å². The summed E-state index contributed by atoms with van der Waals surface area (Å²) in [7, 11) is 0. The van der Waals surface area contributed by atoms with Crippen LogP contribution in [0.4, 0.5) is 19.0 Å². The van der Waals surface area contributed by atoms with Crippen molar-refractivity contribution < 1.29 is 22.8 Å². The van der Waals surface area contributed by atoms with Crippen molar-refractivity contribution >= 4 is 17.5 Å². The molecule has 4 rings (SSSR count). The van der Waals surface area contributed by atoms with Crippen molar-refractivity contribution in [3.8, 4) is 0 Å². The molecule has 32 heavy (non-hydrogen) atoms. The first-order chi connectivity index (χ1) is 14.9. The summed E-state index contributed by atoms with van der Waals surface area (Å²) < 4.78 is 38.1. The summed E-state index contributed by atoms with van der Waals surface area (Å²) in [6.45, 7) is 5.19. The first-order valence-corrected chi connectivity index (χ1v) is 10.3. The third kappa shape index (κ3) is 4.26. The van der Waals surface area contributed by atoms with E-state index in [0.717, 1.165) is 12.3 Å². The predicted molar refractivity (Wildman–Crippen MR) is 111 cm³/mol. The molecule has 1 aliphatic carbocycles. The molecule has 0 spiro atoms. The van der Waals surface area contributed by atoms with E-state index in [4.69, 9.17) is 0 Å². The molecule has 1 saturated heterocycles. The largest absolute Gasteiger partial charge is 0.417 e. The van der Waals surface area contributed by atoms with E-state index in [1.807, 2.05) is 13.8 Å². The summed E-state index contributed by atoms with van der Waals surface area (Å²) >= 11 is 0. The van der Waals surface area contributed by atoms with E-state index < -0.39 is 23.2 Å². The molecule has 0 atom stereocenters. The number of piperazine rings is 1. The average Bonchev–Trinajstić information content (AvgIpc) is 2.71. The summed E-state index contributed by atoms with van der Waals surface area (Å²) in [5.41, 5.74) is -0.712. The summed E-state index contributed by atoms with van der Waals surface area (Å²) in [4.78, 5) is 48.0. The van der Waals surface area contributed by atoms with Crippen molar-refractivity contribution in [2.24, 2.45) is 5.41 Å². The second-order valence-corrected chi connectivity index (χ2v) is 9.03. The minimum absolute atomic E-state index is 0.0714. The molecule has 7 nitrogen and oxygen atoms in total. The van der Waals surface area contributed by atoms with Gasteiger partial charge in [0.2, 0.25) is 0 Å². The summed E-state index contributed by atoms with van der Waals surface area (Å²) in [5, 5.41) is 0. The van der Waals surface area contributed by atoms with Gasteiger partial charge in [0.1, 0.15) is 11.4 Å². The number of carbonyl (C=O) groups is 2. The van der Waals surface area contributed by atoms with E-state index in [1.165, 1.54) is 17.0 Å². The number of fused-ring (bicyclic) bond motifs is 1. The van der Waals surface area contributed by atoms with Crippen molar-refractivity contribution in [3.05, 3.63) is 57.1 Å². The van der Waals surface area contributed by atoms with Gasteiger partial charge in [-0.2, -0.15) is 13.2 Å². The van der Waals surface area contributed by atoms with E-state index >= 15 is 0 Å². The monoisotopic (exact) mass is 448 g/mol. The Morgan fingerprint density at radius 3 is 2.38 bits per heavy atom. The molecule has 0 unspecified atom stereocenters. The van der Waals surface area contributed by atoms with E-state index in [0.29, 0.717) is 43.0 Å². The van der Waals surface area contributed by atoms with Crippen LogP contribution in [0, 0.1) is 5.41 Å². The van der Waals surface area contributed by atoms with Crippen LogP contribution in [0.1, 0.15) is 52.2 Å². The Hall–Kier alpha value is -3.17. The van der Waals surface area contributed by atoms with E-state index in [-0.39, 0.29) is 29.9 Å². The smallest absolute Gasteiger partial charge is 0.353 e. The molecule has 0 saturated carbocycles. The third-order valence-corrected chi connectivity index (χ3v) is 5.91. The number of alkyl halides is 3. The molecule has 1 fully saturated rings. The maximum absolute atomic E-state index is 13.0. The molecule has 10 heteroatoms. The quantitative estimate of drug-likeness (QED) is 0.764. The molecule has 1 aliphatic heterocycles. The molecule has 0 aromatic carbocycles. The number of carbonyl (C=O) groups excluding carboxylic acids is 2. The molecule has 170 valence electrons. The number of anilines is 1. The van der Waals surface area contributed by atoms with Gasteiger partial charge in [-0.3, -0.25) is 14.4 Å². The summed E-state index contributed by atoms with van der Waals surface area (Å²) in [6, 6.07) is 3.68. The Labute approximate surface area is 182 Å². The number of amides is 1. The number of rotatable bonds is 2. The van der Waals surface area contributed by atoms with Crippen molar-refractivity contribution in [2.75, 3.05) is 31.1 Å². The number of hydrogen-bond acceptors (Lipinski definition) is 5. The molecule has 0 radical (unpaired) electrons. The second-order valence-electron chi connectivity index (χ2n) is 9.03. The minimum atomic E-state index is -4.45. The number of aromatic amines is 1. The number of halogens is 3. The highest BCUT2D eigenvalue weighted by Crippen LogP contribution is 2.33. The highest BCUT2D eigenvalue weighted by molar-refractivity contribution is 6.02. The summed E-state index contributed by atoms with van der Waals surface area (Å²) in [5.74, 6) is -0.170. The molecule has 2 aliphatic rings. The van der Waals surface area contributed by atoms with Crippen LogP contribution in [0.15, 0.2) is 29.2 Å². The fourth-order valence-electron chi connectivity index (χ4n) is 4.24. The van der Waals surface area contributed by atoms with Gasteiger partial charge in [-0.25, -0.2) is 4.98 Å². The lowest BCUT2D eigenvalue weighted by atomic mass is 9.75. The number of pyridine rings is 2. The van der Waals surface area contributed by atoms with Gasteiger partial charge >= 0.3 is 6.18 Å². The van der Waals surface area contributed by atoms with Crippen molar-refractivity contribution in [1.82, 2.24) is 14.9 Å². The number of nitrogens with one attached hydrogen (secondary N) is 1. The van der Waals surface area contributed by atoms with Crippen molar-refractivity contribution in [2.45, 2.75) is 32.9 Å². The summed E-state index contributed by atoms with van der Waals surface area (Å²) in [6.07, 6.45) is -2.76. The van der Waals surface area contributed by atoms with Crippen LogP contribution in [-0.4, -0.2) is 52.7 Å². The van der Waals surface area contributed by atoms with Gasteiger partial charge in [0, 0.05) is 50.1 Å². The van der Waals surface area contributed by atoms with E-state index in [9.17, 15) is 27.6 Å². The van der Waals surface area contributed by atoms with Gasteiger partial charge < -0.3 is 14.8 Å². The van der Waals surface area contributed by atoms with Crippen LogP contribution in [0.5, 0.6) is 0 Å². The highest BCUT2D eigenvalue weighted by Gasteiger charge is 2.34. The van der Waals surface area contributed by atoms with Gasteiger partial charge in [-0.05, 0) is 30.0 Å². The standard InChI is InChI=1S/C22H23F3N4O3/c1-21(2)10-16-14(17(30)11-21)9-15(19(31)27-16)20(32)29-7-5-28(6-8-29)18-4-3-13(12-26-18)22(23,24)25/h3-4,9,12H,5-8,10-11H2,1-2H3,(H,27,31). The Bertz CT molecular complexity index is 1110. The van der Waals surface area contributed by atoms with Crippen molar-refractivity contribution in [1.29, 1.82) is 0 Å². The lowest BCUT2D eigenvalue weighted by molar-refractivity contribution is -0.137. The Morgan fingerprint density at radius 2 is 1.78 bits per heavy atom. The number of hydrogen-bond donors (Lipinski definition) is 1. The van der Waals surface area contributed by atoms with Gasteiger partial charge in [0.15, 0.2) is 5.78 Å². The maximum atomic E-state index is 13.0. The van der Waals surface area contributed by atoms with Crippen LogP contribution in [0.2, 0.25) is 0 Å². The number of Topliss-reactive ketones (excluding diaryl/α,β-unsaturated/α-hetero) is 1. The molecular weight excluding hydrogens is 425 g/mol. The number of aromatic nitrogens is 2. The number of nitrogens with zero attached hydrogens (tertiary/aromatic N) is 3. The second kappa shape index (κ2) is 7.75. The number of H-pyrrole nitrogens is 1. The zero-order valence-corrected chi connectivity index (χ0v) is 17.8. The normalized spacial score (nSPS) is 18.5. The zero-order valence-electron chi connectivity index (χ0n) is 17.8. The minimum Gasteiger partial charge on any atom is -0.353 e. The van der Waals surface area contributed by atoms with Crippen LogP contribution in [0.3, 0.4) is 0 Å². The molecule has 1 N–H and O–H groups in total. The first-order valence-electron chi connectivity index (χ1n) is 10.3. The van der Waals surface area contributed by atoms with Crippen LogP contribution in [0.25, 0.3) is 0 Å². The first kappa shape index (κ1) is 22.0. The van der Waals surface area contributed by atoms with Crippen LogP contribution in [-0.2, 0) is 12.6 Å². The SMILES string of the molecule is CC1(C)CC(=O)c2cc(C(=O)N3CCN(c4ccc(C(F)(F)F)cn4)CC3)c(=O)[nH]c2C1. The van der Waals surface area contributed by atoms with Crippen molar-refractivity contribution in [3.63, 3.8) is 0 Å². The molecule has 2 aromatic heterocycles. The fourth-order valence-corrected chi connectivity index (χ4v) is 4.24. The third-order valence-electron chi connectivity index (χ3n) is 5.91. The number of ketones is 1. The topological polar surface area (TPSA) is 86.4 Å². The molecule has 3 heterocycles. The Kier molecular flexibility index (Phi) is 5.34. The predicted octanol–water partition coefficient (Wildman–Crippen LogP) is 2.91. The lowest BCUT2D eigenvalue weighted by Gasteiger charge is -2.35. The molecule has 0 bridgehead atoms. The zero-order chi connectivity index (χ0) is 23.3.